The maximum atomic E-state index is 13.1. The van der Waals surface area contributed by atoms with Gasteiger partial charge in [0.25, 0.3) is 0 Å². The molecule has 1 aromatic carbocycles. The van der Waals surface area contributed by atoms with Gasteiger partial charge in [0.15, 0.2) is 5.84 Å². The third kappa shape index (κ3) is 6.68. The number of rotatable bonds is 10. The van der Waals surface area contributed by atoms with E-state index in [1.54, 1.807) is 0 Å². The summed E-state index contributed by atoms with van der Waals surface area (Å²) in [6, 6.07) is 3.37. The number of halogens is 3. The van der Waals surface area contributed by atoms with Gasteiger partial charge in [0.05, 0.1) is 12.2 Å². The van der Waals surface area contributed by atoms with E-state index < -0.39 is 11.7 Å². The third-order valence-electron chi connectivity index (χ3n) is 3.69. The summed E-state index contributed by atoms with van der Waals surface area (Å²) in [5.74, 6) is -0.609. The zero-order chi connectivity index (χ0) is 18.0. The number of amidine groups is 1. The predicted molar refractivity (Wildman–Crippen MR) is 87.4 cm³/mol. The van der Waals surface area contributed by atoms with Crippen LogP contribution >= 0.6 is 0 Å². The Bertz CT molecular complexity index is 531. The predicted octanol–water partition coefficient (Wildman–Crippen LogP) is 4.93. The topological polar surface area (TPSA) is 67.8 Å². The van der Waals surface area contributed by atoms with Crippen molar-refractivity contribution < 1.29 is 23.1 Å². The Morgan fingerprint density at radius 1 is 1.12 bits per heavy atom. The molecule has 0 atom stereocenters. The lowest BCUT2D eigenvalue weighted by Gasteiger charge is -2.15. The van der Waals surface area contributed by atoms with Gasteiger partial charge in [-0.25, -0.2) is 0 Å². The van der Waals surface area contributed by atoms with E-state index in [9.17, 15) is 13.2 Å². The summed E-state index contributed by atoms with van der Waals surface area (Å²) in [5.41, 5.74) is 4.41. The largest absolute Gasteiger partial charge is 0.493 e. The van der Waals surface area contributed by atoms with Crippen molar-refractivity contribution in [3.8, 4) is 5.75 Å². The molecule has 3 N–H and O–H groups in total. The van der Waals surface area contributed by atoms with Crippen LogP contribution in [-0.4, -0.2) is 17.6 Å². The molecule has 24 heavy (non-hydrogen) atoms. The van der Waals surface area contributed by atoms with Crippen molar-refractivity contribution in [1.82, 2.24) is 0 Å². The fraction of sp³-hybridized carbons (Fsp3) is 0.588. The maximum absolute atomic E-state index is 13.1. The van der Waals surface area contributed by atoms with Gasteiger partial charge in [-0.05, 0) is 24.6 Å². The molecule has 0 amide bonds. The second-order valence-electron chi connectivity index (χ2n) is 5.66. The molecular weight excluding hydrogens is 321 g/mol. The van der Waals surface area contributed by atoms with Gasteiger partial charge < -0.3 is 15.7 Å². The second kappa shape index (κ2) is 10.1. The summed E-state index contributed by atoms with van der Waals surface area (Å²) >= 11 is 0. The Kier molecular flexibility index (Phi) is 8.43. The fourth-order valence-corrected chi connectivity index (χ4v) is 2.34. The van der Waals surface area contributed by atoms with E-state index in [4.69, 9.17) is 15.7 Å². The Balaban J connectivity index is 2.58. The number of alkyl halides is 3. The molecule has 1 rings (SSSR count). The zero-order valence-electron chi connectivity index (χ0n) is 13.9. The van der Waals surface area contributed by atoms with Crippen LogP contribution in [0.3, 0.4) is 0 Å². The molecule has 0 saturated carbocycles. The van der Waals surface area contributed by atoms with E-state index in [2.05, 4.69) is 12.1 Å². The van der Waals surface area contributed by atoms with Crippen LogP contribution < -0.4 is 10.5 Å². The molecule has 0 aliphatic carbocycles. The molecule has 0 aliphatic rings. The van der Waals surface area contributed by atoms with E-state index in [0.717, 1.165) is 25.3 Å². The Labute approximate surface area is 140 Å². The van der Waals surface area contributed by atoms with Gasteiger partial charge in [-0.2, -0.15) is 13.2 Å². The van der Waals surface area contributed by atoms with Crippen molar-refractivity contribution >= 4 is 5.84 Å². The number of ether oxygens (including phenoxy) is 1. The molecule has 0 heterocycles. The summed E-state index contributed by atoms with van der Waals surface area (Å²) in [5, 5.41) is 11.3. The number of nitrogens with zero attached hydrogens (tertiary/aromatic N) is 1. The highest BCUT2D eigenvalue weighted by molar-refractivity contribution is 5.97. The SMILES string of the molecule is CCCCCCCCCOc1ccc(/C(N)=N/O)cc1C(F)(F)F. The minimum atomic E-state index is -4.57. The molecule has 0 aliphatic heterocycles. The number of benzene rings is 1. The molecule has 1 aromatic rings. The average Bonchev–Trinajstić information content (AvgIpc) is 2.55. The normalized spacial score (nSPS) is 12.4. The van der Waals surface area contributed by atoms with Gasteiger partial charge in [0, 0.05) is 5.56 Å². The first kappa shape index (κ1) is 20.1. The van der Waals surface area contributed by atoms with Crippen LogP contribution in [0.1, 0.15) is 63.0 Å². The smallest absolute Gasteiger partial charge is 0.419 e. The summed E-state index contributed by atoms with van der Waals surface area (Å²) < 4.78 is 44.7. The molecule has 136 valence electrons. The molecule has 0 spiro atoms. The van der Waals surface area contributed by atoms with Gasteiger partial charge in [0.2, 0.25) is 0 Å². The number of oxime groups is 1. The Morgan fingerprint density at radius 2 is 1.75 bits per heavy atom. The molecule has 0 unspecified atom stereocenters. The van der Waals surface area contributed by atoms with E-state index in [1.807, 2.05) is 0 Å². The third-order valence-corrected chi connectivity index (χ3v) is 3.69. The Morgan fingerprint density at radius 3 is 2.33 bits per heavy atom. The van der Waals surface area contributed by atoms with Gasteiger partial charge in [0.1, 0.15) is 5.75 Å². The maximum Gasteiger partial charge on any atom is 0.419 e. The monoisotopic (exact) mass is 346 g/mol. The van der Waals surface area contributed by atoms with Gasteiger partial charge in [-0.15, -0.1) is 0 Å². The fourth-order valence-electron chi connectivity index (χ4n) is 2.34. The lowest BCUT2D eigenvalue weighted by atomic mass is 10.1. The standard InChI is InChI=1S/C17H25F3N2O2/c1-2-3-4-5-6-7-8-11-24-15-10-9-13(16(21)22-23)12-14(15)17(18,19)20/h9-10,12,23H,2-8,11H2,1H3,(H2,21,22). The average molecular weight is 346 g/mol. The lowest BCUT2D eigenvalue weighted by molar-refractivity contribution is -0.139. The van der Waals surface area contributed by atoms with Crippen molar-refractivity contribution in [2.24, 2.45) is 10.9 Å². The van der Waals surface area contributed by atoms with E-state index >= 15 is 0 Å². The van der Waals surface area contributed by atoms with Gasteiger partial charge in [-0.1, -0.05) is 50.6 Å². The first-order valence-electron chi connectivity index (χ1n) is 8.22. The van der Waals surface area contributed by atoms with Gasteiger partial charge >= 0.3 is 6.18 Å². The molecule has 0 bridgehead atoms. The molecule has 0 radical (unpaired) electrons. The van der Waals surface area contributed by atoms with Crippen LogP contribution in [0.4, 0.5) is 13.2 Å². The van der Waals surface area contributed by atoms with Crippen LogP contribution in [0.15, 0.2) is 23.4 Å². The molecule has 0 saturated heterocycles. The van der Waals surface area contributed by atoms with E-state index in [0.29, 0.717) is 6.42 Å². The minimum absolute atomic E-state index is 0.00639. The molecular formula is C17H25F3N2O2. The summed E-state index contributed by atoms with van der Waals surface area (Å²) in [6.45, 7) is 2.39. The van der Waals surface area contributed by atoms with Crippen LogP contribution in [0, 0.1) is 0 Å². The minimum Gasteiger partial charge on any atom is -0.493 e. The number of unbranched alkanes of at least 4 members (excludes halogenated alkanes) is 6. The molecule has 0 aromatic heterocycles. The van der Waals surface area contributed by atoms with Crippen LogP contribution in [-0.2, 0) is 6.18 Å². The van der Waals surface area contributed by atoms with Crippen molar-refractivity contribution in [1.29, 1.82) is 0 Å². The molecule has 7 heteroatoms. The quantitative estimate of drug-likeness (QED) is 0.207. The van der Waals surface area contributed by atoms with Crippen molar-refractivity contribution in [2.75, 3.05) is 6.61 Å². The summed E-state index contributed by atoms with van der Waals surface area (Å²) in [7, 11) is 0. The lowest BCUT2D eigenvalue weighted by Crippen LogP contribution is -2.16. The molecule has 4 nitrogen and oxygen atoms in total. The van der Waals surface area contributed by atoms with Crippen molar-refractivity contribution in [3.05, 3.63) is 29.3 Å². The molecule has 0 fully saturated rings. The highest BCUT2D eigenvalue weighted by Crippen LogP contribution is 2.37. The van der Waals surface area contributed by atoms with Crippen molar-refractivity contribution in [3.63, 3.8) is 0 Å². The Hall–Kier alpha value is -1.92. The highest BCUT2D eigenvalue weighted by atomic mass is 19.4. The summed E-state index contributed by atoms with van der Waals surface area (Å²) in [6.07, 6.45) is 2.90. The zero-order valence-corrected chi connectivity index (χ0v) is 13.9. The van der Waals surface area contributed by atoms with E-state index in [-0.39, 0.29) is 23.8 Å². The van der Waals surface area contributed by atoms with E-state index in [1.165, 1.54) is 31.4 Å². The first-order valence-corrected chi connectivity index (χ1v) is 8.22. The summed E-state index contributed by atoms with van der Waals surface area (Å²) in [4.78, 5) is 0. The number of hydrogen-bond donors (Lipinski definition) is 2. The number of nitrogens with two attached hydrogens (primary N) is 1. The second-order valence-corrected chi connectivity index (χ2v) is 5.66. The van der Waals surface area contributed by atoms with Crippen LogP contribution in [0.25, 0.3) is 0 Å². The number of hydrogen-bond acceptors (Lipinski definition) is 3. The highest BCUT2D eigenvalue weighted by Gasteiger charge is 2.35. The first-order chi connectivity index (χ1) is 11.4. The van der Waals surface area contributed by atoms with Crippen molar-refractivity contribution in [2.45, 2.75) is 58.0 Å². The van der Waals surface area contributed by atoms with Crippen LogP contribution in [0.2, 0.25) is 0 Å². The van der Waals surface area contributed by atoms with Gasteiger partial charge in [-0.3, -0.25) is 0 Å². The van der Waals surface area contributed by atoms with Crippen LogP contribution in [0.5, 0.6) is 5.75 Å².